The van der Waals surface area contributed by atoms with E-state index in [2.05, 4.69) is 10.6 Å². The van der Waals surface area contributed by atoms with Crippen molar-refractivity contribution in [2.45, 2.75) is 12.5 Å². The number of imide groups is 1. The highest BCUT2D eigenvalue weighted by molar-refractivity contribution is 6.21. The fourth-order valence-corrected chi connectivity index (χ4v) is 3.78. The summed E-state index contributed by atoms with van der Waals surface area (Å²) in [6, 6.07) is 21.3. The molecule has 1 aliphatic rings. The molecule has 0 aliphatic carbocycles. The number of benzene rings is 3. The van der Waals surface area contributed by atoms with E-state index in [-0.39, 0.29) is 23.5 Å². The molecule has 1 heterocycles. The Morgan fingerprint density at radius 1 is 0.861 bits per heavy atom. The number of carbonyl (C=O) groups is 5. The van der Waals surface area contributed by atoms with Crippen LogP contribution in [-0.4, -0.2) is 48.2 Å². The van der Waals surface area contributed by atoms with E-state index < -0.39 is 36.3 Å². The number of nitrogens with zero attached hydrogens (tertiary/aromatic N) is 1. The molecule has 9 heteroatoms. The maximum atomic E-state index is 12.6. The second-order valence-corrected chi connectivity index (χ2v) is 8.15. The fourth-order valence-electron chi connectivity index (χ4n) is 3.78. The van der Waals surface area contributed by atoms with Gasteiger partial charge in [0.15, 0.2) is 6.61 Å². The Morgan fingerprint density at radius 3 is 2.19 bits per heavy atom. The molecule has 2 N–H and O–H groups in total. The van der Waals surface area contributed by atoms with Crippen LogP contribution in [0, 0.1) is 0 Å². The van der Waals surface area contributed by atoms with Crippen molar-refractivity contribution in [3.05, 3.63) is 101 Å². The number of fused-ring (bicyclic) bond motifs is 1. The van der Waals surface area contributed by atoms with Crippen molar-refractivity contribution in [2.24, 2.45) is 0 Å². The zero-order valence-electron chi connectivity index (χ0n) is 19.4. The predicted octanol–water partition coefficient (Wildman–Crippen LogP) is 2.96. The summed E-state index contributed by atoms with van der Waals surface area (Å²) in [7, 11) is 1.38. The van der Waals surface area contributed by atoms with Crippen molar-refractivity contribution in [3.63, 3.8) is 0 Å². The van der Waals surface area contributed by atoms with Crippen LogP contribution in [0.25, 0.3) is 0 Å². The largest absolute Gasteiger partial charge is 0.455 e. The lowest BCUT2D eigenvalue weighted by atomic mass is 10.0. The van der Waals surface area contributed by atoms with Crippen molar-refractivity contribution in [3.8, 4) is 0 Å². The molecule has 4 amide bonds. The minimum Gasteiger partial charge on any atom is -0.455 e. The lowest BCUT2D eigenvalue weighted by Crippen LogP contribution is -2.31. The highest BCUT2D eigenvalue weighted by atomic mass is 16.5. The van der Waals surface area contributed by atoms with Crippen molar-refractivity contribution in [1.29, 1.82) is 0 Å². The highest BCUT2D eigenvalue weighted by Crippen LogP contribution is 2.25. The number of amides is 4. The quantitative estimate of drug-likeness (QED) is 0.374. The molecule has 0 radical (unpaired) electrons. The van der Waals surface area contributed by atoms with E-state index in [0.29, 0.717) is 16.8 Å². The molecule has 4 rings (SSSR count). The molecule has 36 heavy (non-hydrogen) atoms. The van der Waals surface area contributed by atoms with E-state index in [1.54, 1.807) is 54.6 Å². The van der Waals surface area contributed by atoms with Gasteiger partial charge < -0.3 is 15.4 Å². The monoisotopic (exact) mass is 485 g/mol. The van der Waals surface area contributed by atoms with E-state index in [1.165, 1.54) is 25.2 Å². The number of hydrogen-bond acceptors (Lipinski definition) is 6. The molecule has 0 bridgehead atoms. The molecule has 0 spiro atoms. The lowest BCUT2D eigenvalue weighted by molar-refractivity contribution is -0.147. The standard InChI is InChI=1S/C27H23N3O6/c1-30-26(34)20-13-12-19(14-21(20)27(30)35)28-23(31)16-36-24(32)15-22(17-8-4-2-5-9-17)29-25(33)18-10-6-3-7-11-18/h2-14,22H,15-16H2,1H3,(H,28,31)(H,29,33). The van der Waals surface area contributed by atoms with E-state index >= 15 is 0 Å². The smallest absolute Gasteiger partial charge is 0.308 e. The van der Waals surface area contributed by atoms with Gasteiger partial charge in [-0.25, -0.2) is 0 Å². The van der Waals surface area contributed by atoms with Crippen LogP contribution in [0.5, 0.6) is 0 Å². The van der Waals surface area contributed by atoms with Crippen LogP contribution in [0.4, 0.5) is 5.69 Å². The molecule has 0 saturated carbocycles. The first-order chi connectivity index (χ1) is 17.3. The SMILES string of the molecule is CN1C(=O)c2ccc(NC(=O)COC(=O)CC(NC(=O)c3ccccc3)c3ccccc3)cc2C1=O. The van der Waals surface area contributed by atoms with Gasteiger partial charge in [0.25, 0.3) is 23.6 Å². The van der Waals surface area contributed by atoms with Gasteiger partial charge in [-0.3, -0.25) is 28.9 Å². The van der Waals surface area contributed by atoms with Crippen molar-refractivity contribution in [2.75, 3.05) is 19.0 Å². The Morgan fingerprint density at radius 2 is 1.50 bits per heavy atom. The van der Waals surface area contributed by atoms with Crippen molar-refractivity contribution in [1.82, 2.24) is 10.2 Å². The number of anilines is 1. The second-order valence-electron chi connectivity index (χ2n) is 8.15. The van der Waals surface area contributed by atoms with E-state index in [4.69, 9.17) is 4.74 Å². The number of esters is 1. The fraction of sp³-hybridized carbons (Fsp3) is 0.148. The van der Waals surface area contributed by atoms with Crippen LogP contribution >= 0.6 is 0 Å². The first kappa shape index (κ1) is 24.3. The third-order valence-electron chi connectivity index (χ3n) is 5.65. The summed E-state index contributed by atoms with van der Waals surface area (Å²) in [6.45, 7) is -0.559. The van der Waals surface area contributed by atoms with Gasteiger partial charge in [0.2, 0.25) is 0 Å². The Bertz CT molecular complexity index is 1320. The van der Waals surface area contributed by atoms with E-state index in [1.807, 2.05) is 6.07 Å². The molecule has 1 unspecified atom stereocenters. The van der Waals surface area contributed by atoms with E-state index in [0.717, 1.165) is 4.90 Å². The summed E-state index contributed by atoms with van der Waals surface area (Å²) < 4.78 is 5.13. The average Bonchev–Trinajstić information content (AvgIpc) is 3.11. The zero-order chi connectivity index (χ0) is 25.7. The van der Waals surface area contributed by atoms with Gasteiger partial charge in [0, 0.05) is 18.3 Å². The maximum absolute atomic E-state index is 12.6. The lowest BCUT2D eigenvalue weighted by Gasteiger charge is -2.19. The second kappa shape index (κ2) is 10.6. The minimum atomic E-state index is -0.677. The number of hydrogen-bond donors (Lipinski definition) is 2. The molecular formula is C27H23N3O6. The highest BCUT2D eigenvalue weighted by Gasteiger charge is 2.32. The van der Waals surface area contributed by atoms with Crippen LogP contribution in [0.15, 0.2) is 78.9 Å². The molecule has 0 saturated heterocycles. The summed E-state index contributed by atoms with van der Waals surface area (Å²) in [4.78, 5) is 62.6. The molecular weight excluding hydrogens is 462 g/mol. The number of ether oxygens (including phenoxy) is 1. The zero-order valence-corrected chi connectivity index (χ0v) is 19.4. The Labute approximate surface area is 207 Å². The number of carbonyl (C=O) groups excluding carboxylic acids is 5. The topological polar surface area (TPSA) is 122 Å². The Kier molecular flexibility index (Phi) is 7.20. The Hall–Kier alpha value is -4.79. The van der Waals surface area contributed by atoms with Crippen LogP contribution in [-0.2, 0) is 14.3 Å². The van der Waals surface area contributed by atoms with Crippen molar-refractivity contribution < 1.29 is 28.7 Å². The van der Waals surface area contributed by atoms with Crippen molar-refractivity contribution >= 4 is 35.3 Å². The van der Waals surface area contributed by atoms with Gasteiger partial charge in [0.1, 0.15) is 0 Å². The first-order valence-electron chi connectivity index (χ1n) is 11.2. The van der Waals surface area contributed by atoms with Crippen LogP contribution in [0.1, 0.15) is 49.1 Å². The third-order valence-corrected chi connectivity index (χ3v) is 5.65. The summed E-state index contributed by atoms with van der Waals surface area (Å²) in [5.41, 5.74) is 1.91. The van der Waals surface area contributed by atoms with Gasteiger partial charge in [-0.1, -0.05) is 48.5 Å². The minimum absolute atomic E-state index is 0.183. The molecule has 182 valence electrons. The molecule has 0 fully saturated rings. The normalized spacial score (nSPS) is 13.1. The molecule has 1 aliphatic heterocycles. The third kappa shape index (κ3) is 5.47. The summed E-state index contributed by atoms with van der Waals surface area (Å²) in [6.07, 6.45) is -0.183. The molecule has 0 aromatic heterocycles. The summed E-state index contributed by atoms with van der Waals surface area (Å²) in [5.74, 6) is -2.50. The maximum Gasteiger partial charge on any atom is 0.308 e. The molecule has 9 nitrogen and oxygen atoms in total. The van der Waals surface area contributed by atoms with Crippen LogP contribution in [0.3, 0.4) is 0 Å². The molecule has 1 atom stereocenters. The van der Waals surface area contributed by atoms with Gasteiger partial charge in [-0.05, 0) is 35.9 Å². The molecule has 3 aromatic rings. The molecule has 3 aromatic carbocycles. The van der Waals surface area contributed by atoms with Crippen LogP contribution in [0.2, 0.25) is 0 Å². The average molecular weight is 485 g/mol. The number of rotatable bonds is 8. The van der Waals surface area contributed by atoms with E-state index in [9.17, 15) is 24.0 Å². The van der Waals surface area contributed by atoms with Gasteiger partial charge >= 0.3 is 5.97 Å². The van der Waals surface area contributed by atoms with Gasteiger partial charge in [-0.2, -0.15) is 0 Å². The van der Waals surface area contributed by atoms with Crippen LogP contribution < -0.4 is 10.6 Å². The number of nitrogens with one attached hydrogen (secondary N) is 2. The van der Waals surface area contributed by atoms with Gasteiger partial charge in [-0.15, -0.1) is 0 Å². The predicted molar refractivity (Wildman–Crippen MR) is 130 cm³/mol. The van der Waals surface area contributed by atoms with Gasteiger partial charge in [0.05, 0.1) is 23.6 Å². The summed E-state index contributed by atoms with van der Waals surface area (Å²) in [5, 5.41) is 5.39. The summed E-state index contributed by atoms with van der Waals surface area (Å²) >= 11 is 0. The Balaban J connectivity index is 1.35. The first-order valence-corrected chi connectivity index (χ1v) is 11.2.